The molecule has 0 atom stereocenters. The van der Waals surface area contributed by atoms with Crippen molar-refractivity contribution in [2.24, 2.45) is 5.92 Å². The van der Waals surface area contributed by atoms with Gasteiger partial charge in [0.25, 0.3) is 0 Å². The summed E-state index contributed by atoms with van der Waals surface area (Å²) in [6.45, 7) is 38.1. The van der Waals surface area contributed by atoms with E-state index in [1.807, 2.05) is 66.7 Å². The Morgan fingerprint density at radius 1 is 0.395 bits per heavy atom. The summed E-state index contributed by atoms with van der Waals surface area (Å²) < 4.78 is 53.6. The smallest absolute Gasteiger partial charge is 0.127 e. The van der Waals surface area contributed by atoms with Crippen LogP contribution < -0.4 is 23.7 Å². The minimum Gasteiger partial charge on any atom is -0.502 e. The molecule has 0 aromatic heterocycles. The lowest BCUT2D eigenvalue weighted by Gasteiger charge is -2.29. The zero-order valence-electron chi connectivity index (χ0n) is 53.9. The molecule has 0 spiro atoms. The molecule has 10 nitrogen and oxygen atoms in total. The van der Waals surface area contributed by atoms with Crippen LogP contribution in [0.2, 0.25) is 0 Å². The summed E-state index contributed by atoms with van der Waals surface area (Å²) in [7, 11) is 0. The summed E-state index contributed by atoms with van der Waals surface area (Å²) >= 11 is 0. The van der Waals surface area contributed by atoms with Gasteiger partial charge in [0.2, 0.25) is 0 Å². The van der Waals surface area contributed by atoms with E-state index in [4.69, 9.17) is 47.4 Å². The van der Waals surface area contributed by atoms with Crippen molar-refractivity contribution in [1.82, 2.24) is 0 Å². The van der Waals surface area contributed by atoms with Crippen LogP contribution in [0.15, 0.2) is 186 Å². The Morgan fingerprint density at radius 3 is 1.26 bits per heavy atom. The van der Waals surface area contributed by atoms with Crippen molar-refractivity contribution in [3.63, 3.8) is 0 Å². The summed E-state index contributed by atoms with van der Waals surface area (Å²) in [5.74, 6) is 6.90. The number of hydrogen-bond donors (Lipinski definition) is 0. The van der Waals surface area contributed by atoms with Crippen LogP contribution in [0.3, 0.4) is 0 Å². The second kappa shape index (κ2) is 45.2. The molecular weight excluding hydrogens is 1070 g/mol. The first kappa shape index (κ1) is 73.1. The van der Waals surface area contributed by atoms with Crippen LogP contribution in [0.25, 0.3) is 0 Å². The molecule has 86 heavy (non-hydrogen) atoms. The standard InChI is InChI=1S/C18H28O2.C16H16O3.C16H22O2.C16H24O2.C10H18O/c1-8-19-12-13-20-16-14(17(2,3)4)10-9-11-15(16)18(5,6)7;1-2-17-12-13-18-14-8-10-16(11-9-14)19-15-6-4-3-5-7-15;1-2-17-12-13-18-16-10-8-15(9-11-16)14-6-4-3-5-7-14;1-3-5-6-7-8-15-9-11-16(12-10-15)18-14-13-17-4-2;1-2-11-9-8-10-6-4-3-5-7-10/h8-11H,1,12-13H2,2-7H3;2-11H,1,12-13H2;2,8-11,14H,1,3-7,12-13H2;4,9-12H,2-3,5-8,13-14H2,1H3;2,10H,1,3-9H2. The van der Waals surface area contributed by atoms with Gasteiger partial charge in [0, 0.05) is 0 Å². The van der Waals surface area contributed by atoms with Crippen molar-refractivity contribution in [1.29, 1.82) is 0 Å². The highest BCUT2D eigenvalue weighted by atomic mass is 16.5. The van der Waals surface area contributed by atoms with E-state index in [1.165, 1.54) is 150 Å². The summed E-state index contributed by atoms with van der Waals surface area (Å²) in [6, 6.07) is 40.5. The molecule has 0 bridgehead atoms. The zero-order chi connectivity index (χ0) is 62.4. The van der Waals surface area contributed by atoms with Gasteiger partial charge >= 0.3 is 0 Å². The number of unbranched alkanes of at least 4 members (excludes halogenated alkanes) is 3. The van der Waals surface area contributed by atoms with Crippen LogP contribution in [0.5, 0.6) is 34.5 Å². The maximum atomic E-state index is 6.05. The topological polar surface area (TPSA) is 92.3 Å². The average Bonchev–Trinajstić information content (AvgIpc) is 2.75. The van der Waals surface area contributed by atoms with Crippen molar-refractivity contribution in [3.8, 4) is 34.5 Å². The molecule has 0 amide bonds. The molecule has 472 valence electrons. The number of ether oxygens (including phenoxy) is 10. The maximum absolute atomic E-state index is 6.05. The number of benzene rings is 5. The van der Waals surface area contributed by atoms with Crippen LogP contribution in [-0.2, 0) is 40.9 Å². The summed E-state index contributed by atoms with van der Waals surface area (Å²) in [4.78, 5) is 0. The first-order valence-electron chi connectivity index (χ1n) is 31.6. The molecule has 0 unspecified atom stereocenters. The molecule has 5 aromatic carbocycles. The lowest BCUT2D eigenvalue weighted by atomic mass is 9.79. The van der Waals surface area contributed by atoms with E-state index < -0.39 is 0 Å². The molecule has 0 heterocycles. The third-order valence-electron chi connectivity index (χ3n) is 14.4. The molecule has 2 aliphatic rings. The van der Waals surface area contributed by atoms with Gasteiger partial charge in [-0.3, -0.25) is 0 Å². The summed E-state index contributed by atoms with van der Waals surface area (Å²) in [5.41, 5.74) is 5.43. The molecule has 2 saturated carbocycles. The van der Waals surface area contributed by atoms with Crippen LogP contribution in [0.1, 0.15) is 173 Å². The van der Waals surface area contributed by atoms with E-state index in [9.17, 15) is 0 Å². The molecule has 0 saturated heterocycles. The lowest BCUT2D eigenvalue weighted by molar-refractivity contribution is 0.176. The van der Waals surface area contributed by atoms with Crippen molar-refractivity contribution in [2.45, 2.75) is 168 Å². The first-order chi connectivity index (χ1) is 41.8. The molecule has 2 aliphatic carbocycles. The summed E-state index contributed by atoms with van der Waals surface area (Å²) in [6.07, 6.45) is 28.9. The van der Waals surface area contributed by atoms with Crippen molar-refractivity contribution in [3.05, 3.63) is 208 Å². The molecule has 5 aromatic rings. The number of rotatable bonds is 32. The number of hydrogen-bond acceptors (Lipinski definition) is 10. The minimum absolute atomic E-state index is 0.0515. The van der Waals surface area contributed by atoms with Crippen LogP contribution in [-0.4, -0.2) is 59.5 Å². The Morgan fingerprint density at radius 2 is 0.802 bits per heavy atom. The predicted octanol–water partition coefficient (Wildman–Crippen LogP) is 20.6. The zero-order valence-corrected chi connectivity index (χ0v) is 53.9. The van der Waals surface area contributed by atoms with E-state index in [2.05, 4.69) is 136 Å². The minimum atomic E-state index is 0.0515. The van der Waals surface area contributed by atoms with Crippen molar-refractivity contribution in [2.75, 3.05) is 59.5 Å². The maximum Gasteiger partial charge on any atom is 0.127 e. The van der Waals surface area contributed by atoms with Gasteiger partial charge in [-0.1, -0.05) is 213 Å². The molecule has 7 rings (SSSR count). The molecule has 0 aliphatic heterocycles. The number of para-hydroxylation sites is 2. The molecule has 0 N–H and O–H groups in total. The molecule has 0 radical (unpaired) electrons. The highest BCUT2D eigenvalue weighted by Gasteiger charge is 2.26. The van der Waals surface area contributed by atoms with Gasteiger partial charge in [-0.25, -0.2) is 0 Å². The highest BCUT2D eigenvalue weighted by molar-refractivity contribution is 5.48. The molecule has 10 heteroatoms. The second-order valence-corrected chi connectivity index (χ2v) is 23.3. The monoisotopic (exact) mass is 1180 g/mol. The van der Waals surface area contributed by atoms with Gasteiger partial charge < -0.3 is 47.4 Å². The fourth-order valence-corrected chi connectivity index (χ4v) is 9.82. The summed E-state index contributed by atoms with van der Waals surface area (Å²) in [5, 5.41) is 0. The van der Waals surface area contributed by atoms with Crippen LogP contribution >= 0.6 is 0 Å². The van der Waals surface area contributed by atoms with E-state index in [0.29, 0.717) is 52.9 Å². The van der Waals surface area contributed by atoms with Gasteiger partial charge in [0.15, 0.2) is 0 Å². The Kier molecular flexibility index (Phi) is 38.4. The average molecular weight is 1180 g/mol. The van der Waals surface area contributed by atoms with Crippen LogP contribution in [0, 0.1) is 5.92 Å². The highest BCUT2D eigenvalue weighted by Crippen LogP contribution is 2.40. The van der Waals surface area contributed by atoms with Crippen LogP contribution in [0.4, 0.5) is 0 Å². The molecular formula is C76H108O10. The second-order valence-electron chi connectivity index (χ2n) is 23.3. The van der Waals surface area contributed by atoms with Gasteiger partial charge in [0.1, 0.15) is 87.4 Å². The van der Waals surface area contributed by atoms with E-state index in [-0.39, 0.29) is 10.8 Å². The van der Waals surface area contributed by atoms with E-state index in [1.54, 1.807) is 6.26 Å². The van der Waals surface area contributed by atoms with Crippen molar-refractivity contribution < 1.29 is 47.4 Å². The Balaban J connectivity index is 0.000000284. The fourth-order valence-electron chi connectivity index (χ4n) is 9.82. The lowest BCUT2D eigenvalue weighted by Crippen LogP contribution is -2.20. The first-order valence-corrected chi connectivity index (χ1v) is 31.6. The third-order valence-corrected chi connectivity index (χ3v) is 14.4. The Bertz CT molecular complexity index is 2460. The van der Waals surface area contributed by atoms with E-state index in [0.717, 1.165) is 52.9 Å². The fraction of sp³-hybridized carbons (Fsp3) is 0.474. The molecule has 2 fully saturated rings. The Hall–Kier alpha value is -7.20. The third kappa shape index (κ3) is 32.9. The Labute approximate surface area is 520 Å². The normalized spacial score (nSPS) is 13.0. The van der Waals surface area contributed by atoms with E-state index >= 15 is 0 Å². The SMILES string of the molecule is C=COCCC1CCCCC1.C=COCCOc1c(C(C)(C)C)cccc1C(C)(C)C.C=COCCOc1ccc(C2CCCCC2)cc1.C=COCCOc1ccc(CCCCCC)cc1.C=COCCOc1ccc(Oc2ccccc2)cc1. The van der Waals surface area contributed by atoms with Gasteiger partial charge in [0.05, 0.1) is 37.9 Å². The van der Waals surface area contributed by atoms with Crippen molar-refractivity contribution >= 4 is 0 Å². The number of aryl methyl sites for hydroxylation is 1. The van der Waals surface area contributed by atoms with Gasteiger partial charge in [-0.15, -0.1) is 0 Å². The quantitative estimate of drug-likeness (QED) is 0.0306. The predicted molar refractivity (Wildman–Crippen MR) is 357 cm³/mol. The van der Waals surface area contributed by atoms with Gasteiger partial charge in [-0.05, 0) is 138 Å². The van der Waals surface area contributed by atoms with Gasteiger partial charge in [-0.2, -0.15) is 0 Å². The largest absolute Gasteiger partial charge is 0.502 e.